The van der Waals surface area contributed by atoms with Crippen LogP contribution in [0.2, 0.25) is 0 Å². The molecule has 0 atom stereocenters. The molecule has 2 rings (SSSR count). The normalized spacial score (nSPS) is 10.9. The molecule has 1 N–H and O–H groups in total. The van der Waals surface area contributed by atoms with Crippen LogP contribution in [-0.2, 0) is 4.79 Å². The third-order valence-corrected chi connectivity index (χ3v) is 4.02. The van der Waals surface area contributed by atoms with Gasteiger partial charge in [0.05, 0.1) is 11.1 Å². The van der Waals surface area contributed by atoms with Crippen LogP contribution in [0.4, 0.5) is 5.69 Å². The molecule has 0 aliphatic rings. The number of benzene rings is 2. The summed E-state index contributed by atoms with van der Waals surface area (Å²) in [7, 11) is 0. The van der Waals surface area contributed by atoms with Crippen LogP contribution in [-0.4, -0.2) is 12.5 Å². The van der Waals surface area contributed by atoms with Gasteiger partial charge in [0.25, 0.3) is 5.91 Å². The van der Waals surface area contributed by atoms with Crippen molar-refractivity contribution in [1.82, 2.24) is 0 Å². The molecule has 0 spiro atoms. The molecule has 25 heavy (non-hydrogen) atoms. The smallest absolute Gasteiger partial charge is 0.266 e. The van der Waals surface area contributed by atoms with Crippen molar-refractivity contribution in [2.45, 2.75) is 20.3 Å². The number of ether oxygens (including phenoxy) is 1. The Morgan fingerprint density at radius 2 is 2.00 bits per heavy atom. The second kappa shape index (κ2) is 9.05. The second-order valence-corrected chi connectivity index (χ2v) is 6.38. The molecule has 128 valence electrons. The molecule has 1 amide bonds. The van der Waals surface area contributed by atoms with Crippen LogP contribution in [0.15, 0.2) is 52.5 Å². The van der Waals surface area contributed by atoms with E-state index in [2.05, 4.69) is 21.2 Å². The first-order valence-electron chi connectivity index (χ1n) is 7.95. The predicted molar refractivity (Wildman–Crippen MR) is 103 cm³/mol. The number of carbonyl (C=O) groups excluding carboxylic acids is 1. The van der Waals surface area contributed by atoms with E-state index in [0.29, 0.717) is 12.3 Å². The second-order valence-electron chi connectivity index (χ2n) is 5.53. The standard InChI is InChI=1S/C20H19BrN2O2/c1-3-10-25-19-9-6-15(12-18(19)21)11-16(13-22)20(24)23-17-7-4-14(2)5-8-17/h4-9,11-12H,3,10H2,1-2H3,(H,23,24)/b16-11+. The summed E-state index contributed by atoms with van der Waals surface area (Å²) in [6.07, 6.45) is 2.48. The molecule has 2 aromatic rings. The highest BCUT2D eigenvalue weighted by molar-refractivity contribution is 9.10. The van der Waals surface area contributed by atoms with Crippen LogP contribution in [0.1, 0.15) is 24.5 Å². The lowest BCUT2D eigenvalue weighted by Crippen LogP contribution is -2.13. The van der Waals surface area contributed by atoms with E-state index in [9.17, 15) is 10.1 Å². The highest BCUT2D eigenvalue weighted by atomic mass is 79.9. The van der Waals surface area contributed by atoms with Gasteiger partial charge in [-0.05, 0) is 65.2 Å². The molecule has 0 aliphatic carbocycles. The maximum atomic E-state index is 12.3. The molecule has 0 saturated carbocycles. The molecule has 0 unspecified atom stereocenters. The molecule has 0 aliphatic heterocycles. The fourth-order valence-corrected chi connectivity index (χ4v) is 2.60. The number of nitrogens with zero attached hydrogens (tertiary/aromatic N) is 1. The molecule has 4 nitrogen and oxygen atoms in total. The Kier molecular flexibility index (Phi) is 6.79. The average molecular weight is 399 g/mol. The zero-order valence-electron chi connectivity index (χ0n) is 14.2. The molecule has 0 aromatic heterocycles. The third-order valence-electron chi connectivity index (χ3n) is 3.40. The molecular formula is C20H19BrN2O2. The van der Waals surface area contributed by atoms with Gasteiger partial charge in [0, 0.05) is 5.69 Å². The van der Waals surface area contributed by atoms with E-state index in [-0.39, 0.29) is 5.57 Å². The van der Waals surface area contributed by atoms with Crippen LogP contribution in [0.5, 0.6) is 5.75 Å². The Balaban J connectivity index is 2.16. The van der Waals surface area contributed by atoms with Crippen LogP contribution in [0.3, 0.4) is 0 Å². The van der Waals surface area contributed by atoms with E-state index < -0.39 is 5.91 Å². The fourth-order valence-electron chi connectivity index (χ4n) is 2.09. The van der Waals surface area contributed by atoms with Gasteiger partial charge < -0.3 is 10.1 Å². The number of halogens is 1. The lowest BCUT2D eigenvalue weighted by Gasteiger charge is -2.08. The summed E-state index contributed by atoms with van der Waals surface area (Å²) in [4.78, 5) is 12.3. The average Bonchev–Trinajstić information content (AvgIpc) is 2.60. The summed E-state index contributed by atoms with van der Waals surface area (Å²) in [6, 6.07) is 14.8. The topological polar surface area (TPSA) is 62.1 Å². The monoisotopic (exact) mass is 398 g/mol. The highest BCUT2D eigenvalue weighted by Crippen LogP contribution is 2.27. The lowest BCUT2D eigenvalue weighted by molar-refractivity contribution is -0.112. The fraction of sp³-hybridized carbons (Fsp3) is 0.200. The van der Waals surface area contributed by atoms with Crippen LogP contribution in [0.25, 0.3) is 6.08 Å². The minimum absolute atomic E-state index is 0.0368. The van der Waals surface area contributed by atoms with Gasteiger partial charge in [-0.15, -0.1) is 0 Å². The van der Waals surface area contributed by atoms with Crippen LogP contribution >= 0.6 is 15.9 Å². The van der Waals surface area contributed by atoms with Gasteiger partial charge in [-0.1, -0.05) is 30.7 Å². The van der Waals surface area contributed by atoms with Crippen molar-refractivity contribution in [1.29, 1.82) is 5.26 Å². The molecule has 0 radical (unpaired) electrons. The van der Waals surface area contributed by atoms with Crippen molar-refractivity contribution in [2.24, 2.45) is 0 Å². The number of nitrogens with one attached hydrogen (secondary N) is 1. The number of aryl methyl sites for hydroxylation is 1. The summed E-state index contributed by atoms with van der Waals surface area (Å²) in [5, 5.41) is 12.0. The van der Waals surface area contributed by atoms with E-state index in [4.69, 9.17) is 4.74 Å². The van der Waals surface area contributed by atoms with Crippen molar-refractivity contribution in [2.75, 3.05) is 11.9 Å². The minimum Gasteiger partial charge on any atom is -0.492 e. The zero-order valence-corrected chi connectivity index (χ0v) is 15.8. The minimum atomic E-state index is -0.436. The SMILES string of the molecule is CCCOc1ccc(/C=C(\C#N)C(=O)Nc2ccc(C)cc2)cc1Br. The van der Waals surface area contributed by atoms with E-state index in [0.717, 1.165) is 27.8 Å². The van der Waals surface area contributed by atoms with Crippen molar-refractivity contribution in [3.05, 3.63) is 63.6 Å². The third kappa shape index (κ3) is 5.47. The maximum Gasteiger partial charge on any atom is 0.266 e. The van der Waals surface area contributed by atoms with Crippen LogP contribution < -0.4 is 10.1 Å². The number of hydrogen-bond acceptors (Lipinski definition) is 3. The van der Waals surface area contributed by atoms with Gasteiger partial charge in [-0.2, -0.15) is 5.26 Å². The van der Waals surface area contributed by atoms with Crippen molar-refractivity contribution in [3.63, 3.8) is 0 Å². The molecule has 0 saturated heterocycles. The molecule has 2 aromatic carbocycles. The Bertz CT molecular complexity index is 821. The largest absolute Gasteiger partial charge is 0.492 e. The first kappa shape index (κ1) is 18.8. The van der Waals surface area contributed by atoms with Crippen molar-refractivity contribution < 1.29 is 9.53 Å². The first-order chi connectivity index (χ1) is 12.0. The number of hydrogen-bond donors (Lipinski definition) is 1. The number of amides is 1. The van der Waals surface area contributed by atoms with Gasteiger partial charge in [0.1, 0.15) is 17.4 Å². The summed E-state index contributed by atoms with van der Waals surface area (Å²) in [5.41, 5.74) is 2.53. The van der Waals surface area contributed by atoms with E-state index in [1.54, 1.807) is 18.2 Å². The summed E-state index contributed by atoms with van der Waals surface area (Å²) >= 11 is 3.45. The summed E-state index contributed by atoms with van der Waals surface area (Å²) in [5.74, 6) is 0.301. The number of rotatable bonds is 6. The molecule has 0 heterocycles. The Hall–Kier alpha value is -2.58. The van der Waals surface area contributed by atoms with Gasteiger partial charge in [0.2, 0.25) is 0 Å². The quantitative estimate of drug-likeness (QED) is 0.544. The Morgan fingerprint density at radius 1 is 1.28 bits per heavy atom. The van der Waals surface area contributed by atoms with E-state index in [1.165, 1.54) is 0 Å². The molecular weight excluding hydrogens is 380 g/mol. The predicted octanol–water partition coefficient (Wildman–Crippen LogP) is 5.09. The lowest BCUT2D eigenvalue weighted by atomic mass is 10.1. The van der Waals surface area contributed by atoms with Gasteiger partial charge >= 0.3 is 0 Å². The molecule has 0 bridgehead atoms. The Morgan fingerprint density at radius 3 is 2.60 bits per heavy atom. The van der Waals surface area contributed by atoms with Crippen LogP contribution in [0, 0.1) is 18.3 Å². The summed E-state index contributed by atoms with van der Waals surface area (Å²) < 4.78 is 6.38. The summed E-state index contributed by atoms with van der Waals surface area (Å²) in [6.45, 7) is 4.64. The van der Waals surface area contributed by atoms with Gasteiger partial charge in [-0.3, -0.25) is 4.79 Å². The maximum absolute atomic E-state index is 12.3. The van der Waals surface area contributed by atoms with Gasteiger partial charge in [-0.25, -0.2) is 0 Å². The van der Waals surface area contributed by atoms with E-state index >= 15 is 0 Å². The molecule has 0 fully saturated rings. The zero-order chi connectivity index (χ0) is 18.2. The number of carbonyl (C=O) groups is 1. The van der Waals surface area contributed by atoms with Crippen molar-refractivity contribution in [3.8, 4) is 11.8 Å². The van der Waals surface area contributed by atoms with E-state index in [1.807, 2.05) is 50.2 Å². The van der Waals surface area contributed by atoms with Gasteiger partial charge in [0.15, 0.2) is 0 Å². The molecule has 5 heteroatoms. The number of anilines is 1. The highest BCUT2D eigenvalue weighted by Gasteiger charge is 2.10. The van der Waals surface area contributed by atoms with Crippen molar-refractivity contribution >= 4 is 33.6 Å². The number of nitriles is 1. The Labute approximate surface area is 156 Å². The first-order valence-corrected chi connectivity index (χ1v) is 8.75.